The number of Topliss-reactive ketones (excluding diaryl/α,β-unsaturated/α-hetero) is 1. The van der Waals surface area contributed by atoms with Gasteiger partial charge >= 0.3 is 17.9 Å². The van der Waals surface area contributed by atoms with E-state index in [4.69, 9.17) is 19.0 Å². The van der Waals surface area contributed by atoms with Gasteiger partial charge in [0, 0.05) is 16.7 Å². The Hall–Kier alpha value is -3.53. The Morgan fingerprint density at radius 1 is 1.15 bits per heavy atom. The maximum Gasteiger partial charge on any atom is 0.374 e. The highest BCUT2D eigenvalue weighted by molar-refractivity contribution is 6.01. The van der Waals surface area contributed by atoms with E-state index in [0.717, 1.165) is 5.57 Å². The highest BCUT2D eigenvalue weighted by atomic mass is 16.6. The van der Waals surface area contributed by atoms with Crippen LogP contribution in [0.3, 0.4) is 0 Å². The molecular formula is C30H34O10. The first-order valence-electron chi connectivity index (χ1n) is 13.7. The molecule has 3 fully saturated rings. The third kappa shape index (κ3) is 4.52. The molecule has 40 heavy (non-hydrogen) atoms. The monoisotopic (exact) mass is 554 g/mol. The van der Waals surface area contributed by atoms with Gasteiger partial charge in [-0.3, -0.25) is 19.2 Å². The number of rotatable bonds is 8. The van der Waals surface area contributed by atoms with Gasteiger partial charge in [0.25, 0.3) is 0 Å². The number of furan rings is 1. The second-order valence-electron chi connectivity index (χ2n) is 11.9. The number of hydrogen-bond donors (Lipinski definition) is 2. The number of ether oxygens (including phenoxy) is 2. The van der Waals surface area contributed by atoms with Crippen molar-refractivity contribution in [3.05, 3.63) is 48.0 Å². The summed E-state index contributed by atoms with van der Waals surface area (Å²) in [6, 6.07) is 3.09. The van der Waals surface area contributed by atoms with Gasteiger partial charge in [0.15, 0.2) is 12.4 Å². The molecule has 0 aromatic carbocycles. The molecule has 0 bridgehead atoms. The highest BCUT2D eigenvalue weighted by Crippen LogP contribution is 2.67. The van der Waals surface area contributed by atoms with E-state index >= 15 is 0 Å². The summed E-state index contributed by atoms with van der Waals surface area (Å²) in [5.74, 6) is -3.61. The second kappa shape index (κ2) is 10.1. The lowest BCUT2D eigenvalue weighted by Crippen LogP contribution is -2.62. The van der Waals surface area contributed by atoms with Gasteiger partial charge in [-0.05, 0) is 68.2 Å². The topological polar surface area (TPSA) is 157 Å². The molecule has 4 aliphatic rings. The van der Waals surface area contributed by atoms with E-state index < -0.39 is 59.3 Å². The van der Waals surface area contributed by atoms with Crippen LogP contribution < -0.4 is 0 Å². The molecular weight excluding hydrogens is 520 g/mol. The molecule has 2 N–H and O–H groups in total. The van der Waals surface area contributed by atoms with E-state index in [1.54, 1.807) is 18.2 Å². The van der Waals surface area contributed by atoms with Crippen LogP contribution in [0.4, 0.5) is 0 Å². The largest absolute Gasteiger partial charge is 0.481 e. The molecule has 5 rings (SSSR count). The van der Waals surface area contributed by atoms with Crippen molar-refractivity contribution in [1.82, 2.24) is 0 Å². The van der Waals surface area contributed by atoms with E-state index in [1.165, 1.54) is 12.3 Å². The van der Waals surface area contributed by atoms with Gasteiger partial charge in [0.2, 0.25) is 11.5 Å². The lowest BCUT2D eigenvalue weighted by atomic mass is 9.46. The van der Waals surface area contributed by atoms with E-state index in [-0.39, 0.29) is 48.6 Å². The zero-order chi connectivity index (χ0) is 28.9. The second-order valence-corrected chi connectivity index (χ2v) is 11.9. The predicted octanol–water partition coefficient (Wildman–Crippen LogP) is 3.43. The highest BCUT2D eigenvalue weighted by Gasteiger charge is 2.69. The van der Waals surface area contributed by atoms with Crippen LogP contribution in [0.5, 0.6) is 0 Å². The summed E-state index contributed by atoms with van der Waals surface area (Å²) in [5, 5.41) is 20.7. The summed E-state index contributed by atoms with van der Waals surface area (Å²) in [6.07, 6.45) is 7.29. The van der Waals surface area contributed by atoms with Crippen molar-refractivity contribution in [3.63, 3.8) is 0 Å². The molecule has 0 aliphatic heterocycles. The van der Waals surface area contributed by atoms with Crippen LogP contribution in [0, 0.1) is 28.6 Å². The summed E-state index contributed by atoms with van der Waals surface area (Å²) in [4.78, 5) is 61.5. The van der Waals surface area contributed by atoms with Gasteiger partial charge in [-0.1, -0.05) is 25.5 Å². The molecule has 1 aromatic rings. The smallest absolute Gasteiger partial charge is 0.374 e. The summed E-state index contributed by atoms with van der Waals surface area (Å²) in [5.41, 5.74) is -2.38. The van der Waals surface area contributed by atoms with Crippen LogP contribution in [-0.4, -0.2) is 58.0 Å². The molecule has 1 unspecified atom stereocenters. The molecule has 0 saturated heterocycles. The molecule has 0 spiro atoms. The number of carboxylic acid groups (broad SMARTS) is 1. The van der Waals surface area contributed by atoms with E-state index in [1.807, 2.05) is 13.0 Å². The van der Waals surface area contributed by atoms with E-state index in [2.05, 4.69) is 6.92 Å². The van der Waals surface area contributed by atoms with Crippen LogP contribution in [0.2, 0.25) is 0 Å². The van der Waals surface area contributed by atoms with Gasteiger partial charge in [-0.2, -0.15) is 0 Å². The van der Waals surface area contributed by atoms with Crippen molar-refractivity contribution < 1.29 is 48.1 Å². The minimum atomic E-state index is -1.83. The molecule has 0 radical (unpaired) electrons. The maximum absolute atomic E-state index is 13.4. The number of carbonyl (C=O) groups excluding carboxylic acids is 4. The average Bonchev–Trinajstić information content (AvgIpc) is 3.53. The van der Waals surface area contributed by atoms with Crippen molar-refractivity contribution in [1.29, 1.82) is 0 Å². The zero-order valence-corrected chi connectivity index (χ0v) is 22.6. The fourth-order valence-corrected chi connectivity index (χ4v) is 8.00. The van der Waals surface area contributed by atoms with Crippen LogP contribution in [-0.2, 0) is 28.7 Å². The van der Waals surface area contributed by atoms with Crippen LogP contribution in [0.15, 0.2) is 46.6 Å². The summed E-state index contributed by atoms with van der Waals surface area (Å²) >= 11 is 0. The van der Waals surface area contributed by atoms with Gasteiger partial charge < -0.3 is 24.1 Å². The maximum atomic E-state index is 13.4. The number of ketones is 2. The first kappa shape index (κ1) is 28.0. The molecule has 7 atom stereocenters. The zero-order valence-electron chi connectivity index (χ0n) is 22.6. The Labute approximate surface area is 231 Å². The molecule has 10 heteroatoms. The first-order valence-corrected chi connectivity index (χ1v) is 13.7. The molecule has 1 aromatic heterocycles. The predicted molar refractivity (Wildman–Crippen MR) is 138 cm³/mol. The fourth-order valence-electron chi connectivity index (χ4n) is 8.00. The lowest BCUT2D eigenvalue weighted by Gasteiger charge is -2.60. The van der Waals surface area contributed by atoms with Crippen LogP contribution in [0.1, 0.15) is 69.3 Å². The van der Waals surface area contributed by atoms with Crippen molar-refractivity contribution in [2.24, 2.45) is 28.6 Å². The fraction of sp³-hybridized carbons (Fsp3) is 0.567. The molecule has 4 aliphatic carbocycles. The standard InChI is InChI=1S/C30H34O10/c1-28-11-9-18(31)14-17(28)5-6-19-20-10-12-30(37,23(32)16-39-25(35)8-7-24(33)34)29(20,2)15-22(26(19)28)40-27(36)21-4-3-13-38-21/h3-4,9,11,13-14,19-20,22,26,37H,5-8,10,12,15-16H2,1-2H3,(H,33,34)/t19-,20-,22?,26+,28-,29-,30-/m0/s1. The number of aliphatic hydroxyl groups is 1. The van der Waals surface area contributed by atoms with Crippen LogP contribution in [0.25, 0.3) is 0 Å². The normalized spacial score (nSPS) is 36.1. The number of allylic oxidation sites excluding steroid dienone is 4. The molecule has 3 saturated carbocycles. The number of esters is 2. The Bertz CT molecular complexity index is 1290. The first-order chi connectivity index (χ1) is 18.9. The molecule has 1 heterocycles. The molecule has 10 nitrogen and oxygen atoms in total. The van der Waals surface area contributed by atoms with Crippen molar-refractivity contribution in [3.8, 4) is 0 Å². The minimum Gasteiger partial charge on any atom is -0.481 e. The number of carboxylic acids is 1. The number of hydrogen-bond acceptors (Lipinski definition) is 9. The number of fused-ring (bicyclic) bond motifs is 5. The van der Waals surface area contributed by atoms with Crippen LogP contribution >= 0.6 is 0 Å². The minimum absolute atomic E-state index is 0.0203. The average molecular weight is 555 g/mol. The van der Waals surface area contributed by atoms with E-state index in [0.29, 0.717) is 19.3 Å². The Morgan fingerprint density at radius 3 is 2.62 bits per heavy atom. The summed E-state index contributed by atoms with van der Waals surface area (Å²) in [6.45, 7) is 3.22. The Kier molecular flexibility index (Phi) is 7.10. The number of carbonyl (C=O) groups is 5. The third-order valence-corrected chi connectivity index (χ3v) is 9.98. The number of aliphatic carboxylic acids is 1. The van der Waals surface area contributed by atoms with Crippen molar-refractivity contribution in [2.75, 3.05) is 6.61 Å². The Morgan fingerprint density at radius 2 is 1.93 bits per heavy atom. The summed E-state index contributed by atoms with van der Waals surface area (Å²) in [7, 11) is 0. The SMILES string of the molecule is C[C@]12C=CC(=O)C=C1CC[C@@H]1[C@@H]2C(OC(=O)c2ccco2)C[C@@]2(C)[C@H]1CC[C@]2(O)C(=O)COC(=O)CCC(=O)O. The molecule has 214 valence electrons. The quantitative estimate of drug-likeness (QED) is 0.456. The van der Waals surface area contributed by atoms with Gasteiger partial charge in [-0.15, -0.1) is 0 Å². The van der Waals surface area contributed by atoms with Crippen molar-refractivity contribution in [2.45, 2.75) is 70.5 Å². The summed E-state index contributed by atoms with van der Waals surface area (Å²) < 4.78 is 16.4. The van der Waals surface area contributed by atoms with Gasteiger partial charge in [0.05, 0.1) is 19.1 Å². The Balaban J connectivity index is 1.45. The lowest BCUT2D eigenvalue weighted by molar-refractivity contribution is -0.181. The molecule has 0 amide bonds. The van der Waals surface area contributed by atoms with E-state index in [9.17, 15) is 29.1 Å². The van der Waals surface area contributed by atoms with Gasteiger partial charge in [0.1, 0.15) is 11.7 Å². The van der Waals surface area contributed by atoms with Gasteiger partial charge in [-0.25, -0.2) is 4.79 Å². The van der Waals surface area contributed by atoms with Crippen molar-refractivity contribution >= 4 is 29.5 Å². The third-order valence-electron chi connectivity index (χ3n) is 9.98.